The second-order valence-corrected chi connectivity index (χ2v) is 7.55. The summed E-state index contributed by atoms with van der Waals surface area (Å²) in [6.45, 7) is 4.15. The van der Waals surface area contributed by atoms with Crippen molar-refractivity contribution in [3.05, 3.63) is 40.9 Å². The van der Waals surface area contributed by atoms with Gasteiger partial charge in [0, 0.05) is 17.5 Å². The number of hydrogen-bond donors (Lipinski definition) is 2. The number of aromatic nitrogens is 1. The molecule has 2 heterocycles. The number of carbonyl (C=O) groups excluding carboxylic acids is 1. The number of methoxy groups -OCH3 is 1. The van der Waals surface area contributed by atoms with Gasteiger partial charge < -0.3 is 15.4 Å². The molecule has 5 nitrogen and oxygen atoms in total. The van der Waals surface area contributed by atoms with Gasteiger partial charge in [-0.3, -0.25) is 4.79 Å². The highest BCUT2D eigenvalue weighted by Gasteiger charge is 2.19. The number of piperidine rings is 1. The van der Waals surface area contributed by atoms with Gasteiger partial charge in [-0.25, -0.2) is 4.98 Å². The van der Waals surface area contributed by atoms with Crippen LogP contribution in [0.15, 0.2) is 30.5 Å². The SMILES string of the molecule is COc1ccccc1C(C)CC(=O)Nc1ncc(C2CCNCC2)s1. The lowest BCUT2D eigenvalue weighted by Gasteiger charge is -2.20. The van der Waals surface area contributed by atoms with Crippen molar-refractivity contribution >= 4 is 22.4 Å². The average molecular weight is 359 g/mol. The first-order chi connectivity index (χ1) is 12.2. The van der Waals surface area contributed by atoms with E-state index in [9.17, 15) is 4.79 Å². The van der Waals surface area contributed by atoms with Crippen molar-refractivity contribution in [1.29, 1.82) is 0 Å². The Balaban J connectivity index is 1.58. The van der Waals surface area contributed by atoms with Crippen LogP contribution in [0.5, 0.6) is 5.75 Å². The van der Waals surface area contributed by atoms with E-state index in [0.29, 0.717) is 17.5 Å². The maximum Gasteiger partial charge on any atom is 0.226 e. The molecule has 0 radical (unpaired) electrons. The molecule has 1 unspecified atom stereocenters. The number of anilines is 1. The Labute approximate surface area is 152 Å². The number of nitrogens with one attached hydrogen (secondary N) is 2. The summed E-state index contributed by atoms with van der Waals surface area (Å²) >= 11 is 1.60. The summed E-state index contributed by atoms with van der Waals surface area (Å²) in [6.07, 6.45) is 4.60. The van der Waals surface area contributed by atoms with Gasteiger partial charge in [-0.1, -0.05) is 25.1 Å². The van der Waals surface area contributed by atoms with E-state index in [-0.39, 0.29) is 11.8 Å². The van der Waals surface area contributed by atoms with Crippen LogP contribution in [-0.2, 0) is 4.79 Å². The lowest BCUT2D eigenvalue weighted by Crippen LogP contribution is -2.26. The predicted molar refractivity (Wildman–Crippen MR) is 102 cm³/mol. The molecule has 1 aromatic heterocycles. The average Bonchev–Trinajstić information content (AvgIpc) is 3.10. The summed E-state index contributed by atoms with van der Waals surface area (Å²) in [5.74, 6) is 1.46. The van der Waals surface area contributed by atoms with Crippen LogP contribution in [0.4, 0.5) is 5.13 Å². The summed E-state index contributed by atoms with van der Waals surface area (Å²) in [6, 6.07) is 7.84. The predicted octanol–water partition coefficient (Wildman–Crippen LogP) is 3.75. The van der Waals surface area contributed by atoms with Crippen molar-refractivity contribution in [2.24, 2.45) is 0 Å². The summed E-state index contributed by atoms with van der Waals surface area (Å²) in [5.41, 5.74) is 1.05. The summed E-state index contributed by atoms with van der Waals surface area (Å²) in [4.78, 5) is 18.0. The third-order valence-corrected chi connectivity index (χ3v) is 5.75. The Hall–Kier alpha value is -1.92. The number of carbonyl (C=O) groups is 1. The molecular weight excluding hydrogens is 334 g/mol. The Morgan fingerprint density at radius 2 is 2.16 bits per heavy atom. The second kappa shape index (κ2) is 8.45. The van der Waals surface area contributed by atoms with Gasteiger partial charge in [-0.15, -0.1) is 11.3 Å². The maximum absolute atomic E-state index is 12.4. The van der Waals surface area contributed by atoms with Gasteiger partial charge in [-0.2, -0.15) is 0 Å². The molecule has 0 aliphatic carbocycles. The lowest BCUT2D eigenvalue weighted by molar-refractivity contribution is -0.116. The van der Waals surface area contributed by atoms with Gasteiger partial charge in [0.2, 0.25) is 5.91 Å². The van der Waals surface area contributed by atoms with E-state index in [1.165, 1.54) is 4.88 Å². The molecule has 2 aromatic rings. The summed E-state index contributed by atoms with van der Waals surface area (Å²) in [7, 11) is 1.66. The molecule has 25 heavy (non-hydrogen) atoms. The Morgan fingerprint density at radius 3 is 2.92 bits per heavy atom. The highest BCUT2D eigenvalue weighted by Crippen LogP contribution is 2.32. The second-order valence-electron chi connectivity index (χ2n) is 6.49. The Morgan fingerprint density at radius 1 is 1.40 bits per heavy atom. The third-order valence-electron chi connectivity index (χ3n) is 4.67. The van der Waals surface area contributed by atoms with Gasteiger partial charge in [0.1, 0.15) is 5.75 Å². The summed E-state index contributed by atoms with van der Waals surface area (Å²) < 4.78 is 5.39. The molecular formula is C19H25N3O2S. The number of benzene rings is 1. The molecule has 2 N–H and O–H groups in total. The first-order valence-corrected chi connectivity index (χ1v) is 9.58. The number of thiazole rings is 1. The van der Waals surface area contributed by atoms with Crippen LogP contribution in [0, 0.1) is 0 Å². The fourth-order valence-corrected chi connectivity index (χ4v) is 4.27. The molecule has 6 heteroatoms. The van der Waals surface area contributed by atoms with Gasteiger partial charge in [0.15, 0.2) is 5.13 Å². The Kier molecular flexibility index (Phi) is 6.04. The van der Waals surface area contributed by atoms with E-state index >= 15 is 0 Å². The number of amides is 1. The molecule has 1 aliphatic heterocycles. The molecule has 1 amide bonds. The van der Waals surface area contributed by atoms with Crippen LogP contribution < -0.4 is 15.4 Å². The number of ether oxygens (including phenoxy) is 1. The fraction of sp³-hybridized carbons (Fsp3) is 0.474. The van der Waals surface area contributed by atoms with Crippen molar-refractivity contribution in [3.8, 4) is 5.75 Å². The van der Waals surface area contributed by atoms with Crippen LogP contribution in [-0.4, -0.2) is 31.1 Å². The number of nitrogens with zero attached hydrogens (tertiary/aromatic N) is 1. The largest absolute Gasteiger partial charge is 0.496 e. The third kappa shape index (κ3) is 4.58. The van der Waals surface area contributed by atoms with E-state index < -0.39 is 0 Å². The van der Waals surface area contributed by atoms with Crippen molar-refractivity contribution < 1.29 is 9.53 Å². The number of para-hydroxylation sites is 1. The zero-order valence-electron chi connectivity index (χ0n) is 14.7. The van der Waals surface area contributed by atoms with Crippen LogP contribution in [0.3, 0.4) is 0 Å². The molecule has 1 aliphatic rings. The molecule has 1 atom stereocenters. The molecule has 134 valence electrons. The van der Waals surface area contributed by atoms with Crippen LogP contribution in [0.25, 0.3) is 0 Å². The van der Waals surface area contributed by atoms with E-state index in [2.05, 4.69) is 15.6 Å². The minimum absolute atomic E-state index is 0.00961. The fourth-order valence-electron chi connectivity index (χ4n) is 3.27. The highest BCUT2D eigenvalue weighted by atomic mass is 32.1. The Bertz CT molecular complexity index is 710. The topological polar surface area (TPSA) is 63.2 Å². The van der Waals surface area contributed by atoms with Gasteiger partial charge in [-0.05, 0) is 49.4 Å². The smallest absolute Gasteiger partial charge is 0.226 e. The quantitative estimate of drug-likeness (QED) is 0.824. The monoisotopic (exact) mass is 359 g/mol. The van der Waals surface area contributed by atoms with E-state index in [1.807, 2.05) is 37.4 Å². The maximum atomic E-state index is 12.4. The molecule has 1 aromatic carbocycles. The van der Waals surface area contributed by atoms with Crippen LogP contribution in [0.1, 0.15) is 48.5 Å². The first-order valence-electron chi connectivity index (χ1n) is 8.76. The van der Waals surface area contributed by atoms with E-state index in [1.54, 1.807) is 18.4 Å². The molecule has 1 saturated heterocycles. The van der Waals surface area contributed by atoms with E-state index in [0.717, 1.165) is 37.2 Å². The zero-order valence-corrected chi connectivity index (χ0v) is 15.6. The number of hydrogen-bond acceptors (Lipinski definition) is 5. The zero-order chi connectivity index (χ0) is 17.6. The highest BCUT2D eigenvalue weighted by molar-refractivity contribution is 7.15. The van der Waals surface area contributed by atoms with Crippen LogP contribution in [0.2, 0.25) is 0 Å². The standard InChI is InChI=1S/C19H25N3O2S/c1-13(15-5-3-4-6-16(15)24-2)11-18(23)22-19-21-12-17(25-19)14-7-9-20-10-8-14/h3-6,12-14,20H,7-11H2,1-2H3,(H,21,22,23). The van der Waals surface area contributed by atoms with E-state index in [4.69, 9.17) is 4.74 Å². The molecule has 1 fully saturated rings. The lowest BCUT2D eigenvalue weighted by atomic mass is 9.96. The first kappa shape index (κ1) is 17.9. The van der Waals surface area contributed by atoms with Gasteiger partial charge in [0.25, 0.3) is 0 Å². The van der Waals surface area contributed by atoms with Crippen LogP contribution >= 0.6 is 11.3 Å². The van der Waals surface area contributed by atoms with Crippen molar-refractivity contribution in [3.63, 3.8) is 0 Å². The van der Waals surface area contributed by atoms with Crippen molar-refractivity contribution in [2.45, 2.75) is 38.0 Å². The minimum atomic E-state index is -0.00961. The minimum Gasteiger partial charge on any atom is -0.496 e. The number of rotatable bonds is 6. The molecule has 0 bridgehead atoms. The molecule has 3 rings (SSSR count). The van der Waals surface area contributed by atoms with Gasteiger partial charge in [0.05, 0.1) is 7.11 Å². The van der Waals surface area contributed by atoms with Crippen molar-refractivity contribution in [1.82, 2.24) is 10.3 Å². The summed E-state index contributed by atoms with van der Waals surface area (Å²) in [5, 5.41) is 7.03. The normalized spacial score (nSPS) is 16.4. The molecule has 0 spiro atoms. The van der Waals surface area contributed by atoms with Gasteiger partial charge >= 0.3 is 0 Å². The van der Waals surface area contributed by atoms with Crippen molar-refractivity contribution in [2.75, 3.05) is 25.5 Å². The molecule has 0 saturated carbocycles.